The monoisotopic (exact) mass is 632 g/mol. The van der Waals surface area contributed by atoms with Crippen LogP contribution in [0.4, 0.5) is 9.59 Å². The van der Waals surface area contributed by atoms with Crippen LogP contribution in [0, 0.1) is 5.41 Å². The Labute approximate surface area is 272 Å². The van der Waals surface area contributed by atoms with Crippen LogP contribution < -0.4 is 16.0 Å². The van der Waals surface area contributed by atoms with Gasteiger partial charge in [-0.05, 0) is 68.7 Å². The lowest BCUT2D eigenvalue weighted by atomic mass is 9.85. The molecule has 4 N–H and O–H groups in total. The third kappa shape index (κ3) is 11.8. The minimum atomic E-state index is -1.06. The van der Waals surface area contributed by atoms with E-state index in [1.807, 2.05) is 93.6 Å². The second-order valence-corrected chi connectivity index (χ2v) is 13.5. The number of amides is 3. The molecule has 0 saturated heterocycles. The largest absolute Gasteiger partial charge is 0.453 e. The highest BCUT2D eigenvalue weighted by molar-refractivity contribution is 5.86. The number of aliphatic hydroxyl groups is 1. The van der Waals surface area contributed by atoms with Crippen molar-refractivity contribution in [3.8, 4) is 11.3 Å². The maximum Gasteiger partial charge on any atom is 0.407 e. The summed E-state index contributed by atoms with van der Waals surface area (Å²) in [7, 11) is 1.24. The van der Waals surface area contributed by atoms with E-state index in [1.54, 1.807) is 27.0 Å². The topological polar surface area (TPSA) is 139 Å². The number of rotatable bonds is 12. The number of benzene rings is 2. The smallest absolute Gasteiger partial charge is 0.407 e. The number of nitrogens with one attached hydrogen (secondary N) is 3. The van der Waals surface area contributed by atoms with Crippen molar-refractivity contribution in [3.05, 3.63) is 90.1 Å². The predicted molar refractivity (Wildman–Crippen MR) is 178 cm³/mol. The lowest BCUT2D eigenvalue weighted by Crippen LogP contribution is -2.56. The van der Waals surface area contributed by atoms with Crippen molar-refractivity contribution >= 4 is 18.1 Å². The minimum Gasteiger partial charge on any atom is -0.453 e. The fourth-order valence-corrected chi connectivity index (χ4v) is 5.03. The van der Waals surface area contributed by atoms with Gasteiger partial charge in [-0.2, -0.15) is 0 Å². The molecular weight excluding hydrogens is 584 g/mol. The molecule has 3 amide bonds. The van der Waals surface area contributed by atoms with Crippen molar-refractivity contribution in [3.63, 3.8) is 0 Å². The summed E-state index contributed by atoms with van der Waals surface area (Å²) < 4.78 is 10.3. The van der Waals surface area contributed by atoms with Crippen molar-refractivity contribution in [2.45, 2.75) is 90.6 Å². The first kappa shape index (κ1) is 36.0. The normalized spacial score (nSPS) is 14.3. The van der Waals surface area contributed by atoms with Crippen LogP contribution in [0.2, 0.25) is 0 Å². The van der Waals surface area contributed by atoms with Crippen molar-refractivity contribution in [2.75, 3.05) is 7.11 Å². The number of methoxy groups -OCH3 is 1. The second-order valence-electron chi connectivity index (χ2n) is 13.5. The molecule has 0 radical (unpaired) electrons. The lowest BCUT2D eigenvalue weighted by molar-refractivity contribution is -0.126. The molecule has 1 aromatic heterocycles. The highest BCUT2D eigenvalue weighted by Gasteiger charge is 2.35. The number of ether oxygens (including phenoxy) is 2. The molecule has 0 fully saturated rings. The number of hydrogen-bond acceptors (Lipinski definition) is 7. The van der Waals surface area contributed by atoms with Gasteiger partial charge in [-0.25, -0.2) is 9.59 Å². The zero-order chi connectivity index (χ0) is 33.9. The summed E-state index contributed by atoms with van der Waals surface area (Å²) >= 11 is 0. The van der Waals surface area contributed by atoms with E-state index < -0.39 is 53.3 Å². The molecule has 0 aliphatic carbocycles. The van der Waals surface area contributed by atoms with E-state index in [2.05, 4.69) is 20.9 Å². The molecule has 46 heavy (non-hydrogen) atoms. The second kappa shape index (κ2) is 16.2. The van der Waals surface area contributed by atoms with E-state index in [9.17, 15) is 19.5 Å². The first-order chi connectivity index (χ1) is 21.6. The maximum atomic E-state index is 13.7. The summed E-state index contributed by atoms with van der Waals surface area (Å²) in [6.07, 6.45) is 0.138. The van der Waals surface area contributed by atoms with Gasteiger partial charge in [0.2, 0.25) is 5.91 Å². The summed E-state index contributed by atoms with van der Waals surface area (Å²) in [5.41, 5.74) is 2.27. The highest BCUT2D eigenvalue weighted by Crippen LogP contribution is 2.22. The molecular formula is C36H48N4O6. The van der Waals surface area contributed by atoms with Gasteiger partial charge in [0.1, 0.15) is 11.6 Å². The van der Waals surface area contributed by atoms with Gasteiger partial charge in [0.25, 0.3) is 0 Å². The Hall–Kier alpha value is -4.44. The van der Waals surface area contributed by atoms with Crippen LogP contribution >= 0.6 is 0 Å². The molecule has 0 unspecified atom stereocenters. The van der Waals surface area contributed by atoms with E-state index in [0.717, 1.165) is 22.4 Å². The molecule has 248 valence electrons. The Morgan fingerprint density at radius 1 is 0.783 bits per heavy atom. The highest BCUT2D eigenvalue weighted by atomic mass is 16.6. The van der Waals surface area contributed by atoms with Crippen molar-refractivity contribution in [1.29, 1.82) is 0 Å². The Morgan fingerprint density at radius 3 is 1.98 bits per heavy atom. The molecule has 10 heteroatoms. The van der Waals surface area contributed by atoms with E-state index >= 15 is 0 Å². The summed E-state index contributed by atoms with van der Waals surface area (Å²) in [5, 5.41) is 20.2. The average Bonchev–Trinajstić information content (AvgIpc) is 2.99. The third-order valence-electron chi connectivity index (χ3n) is 7.31. The standard InChI is InChI=1S/C36H48N4O6/c1-35(2,3)31(40-33(43)45-7)32(42)38-27(21-25-16-18-26(19-17-25)28-15-11-12-20-37-28)23-30(41)29(22-24-13-9-8-10-14-24)39-34(44)46-36(4,5)6/h8-20,27,29-31,41H,21-23H2,1-7H3,(H,38,42)(H,39,44)(H,40,43)/t27-,29+,30-,31-/m1/s1. The van der Waals surface area contributed by atoms with Crippen LogP contribution in [0.3, 0.4) is 0 Å². The Bertz CT molecular complexity index is 1400. The van der Waals surface area contributed by atoms with Crippen molar-refractivity contribution < 1.29 is 29.0 Å². The van der Waals surface area contributed by atoms with Gasteiger partial charge >= 0.3 is 12.2 Å². The van der Waals surface area contributed by atoms with Gasteiger partial charge < -0.3 is 30.5 Å². The number of carbonyl (C=O) groups excluding carboxylic acids is 3. The predicted octanol–water partition coefficient (Wildman–Crippen LogP) is 5.43. The average molecular weight is 633 g/mol. The number of carbonyl (C=O) groups is 3. The van der Waals surface area contributed by atoms with E-state index in [1.165, 1.54) is 7.11 Å². The molecule has 0 bridgehead atoms. The number of aromatic nitrogens is 1. The molecule has 0 saturated carbocycles. The van der Waals surface area contributed by atoms with Gasteiger partial charge in [0.05, 0.1) is 24.9 Å². The zero-order valence-corrected chi connectivity index (χ0v) is 27.9. The van der Waals surface area contributed by atoms with Crippen LogP contribution in [0.15, 0.2) is 79.0 Å². The van der Waals surface area contributed by atoms with E-state index in [4.69, 9.17) is 9.47 Å². The number of hydrogen-bond donors (Lipinski definition) is 4. The van der Waals surface area contributed by atoms with Crippen molar-refractivity contribution in [2.24, 2.45) is 5.41 Å². The van der Waals surface area contributed by atoms with E-state index in [-0.39, 0.29) is 6.42 Å². The third-order valence-corrected chi connectivity index (χ3v) is 7.31. The van der Waals surface area contributed by atoms with Gasteiger partial charge in [-0.3, -0.25) is 9.78 Å². The molecule has 3 aromatic rings. The van der Waals surface area contributed by atoms with Crippen molar-refractivity contribution in [1.82, 2.24) is 20.9 Å². The summed E-state index contributed by atoms with van der Waals surface area (Å²) in [4.78, 5) is 43.1. The molecule has 1 heterocycles. The fourth-order valence-electron chi connectivity index (χ4n) is 5.03. The molecule has 4 atom stereocenters. The first-order valence-corrected chi connectivity index (χ1v) is 15.5. The van der Waals surface area contributed by atoms with Gasteiger partial charge in [-0.15, -0.1) is 0 Å². The Balaban J connectivity index is 1.89. The fraction of sp³-hybridized carbons (Fsp3) is 0.444. The minimum absolute atomic E-state index is 0.107. The summed E-state index contributed by atoms with van der Waals surface area (Å²) in [6.45, 7) is 10.8. The van der Waals surface area contributed by atoms with Gasteiger partial charge in [0, 0.05) is 17.8 Å². The molecule has 0 aliphatic rings. The van der Waals surface area contributed by atoms with E-state index in [0.29, 0.717) is 12.8 Å². The number of alkyl carbamates (subject to hydrolysis) is 2. The number of aliphatic hydroxyl groups excluding tert-OH is 1. The van der Waals surface area contributed by atoms with Gasteiger partial charge in [-0.1, -0.05) is 81.4 Å². The summed E-state index contributed by atoms with van der Waals surface area (Å²) in [5.74, 6) is -0.417. The SMILES string of the molecule is COC(=O)N[C@H](C(=O)N[C@H](Cc1ccc(-c2ccccn2)cc1)C[C@@H](O)[C@H](Cc1ccccc1)NC(=O)OC(C)(C)C)C(C)(C)C. The van der Waals surface area contributed by atoms with Crippen LogP contribution in [-0.4, -0.2) is 65.1 Å². The van der Waals surface area contributed by atoms with Crippen LogP contribution in [-0.2, 0) is 27.1 Å². The molecule has 0 aliphatic heterocycles. The van der Waals surface area contributed by atoms with Crippen LogP contribution in [0.5, 0.6) is 0 Å². The quantitative estimate of drug-likeness (QED) is 0.209. The Morgan fingerprint density at radius 2 is 1.41 bits per heavy atom. The molecule has 2 aromatic carbocycles. The molecule has 3 rings (SSSR count). The molecule has 10 nitrogen and oxygen atoms in total. The lowest BCUT2D eigenvalue weighted by Gasteiger charge is -2.33. The Kier molecular flexibility index (Phi) is 12.7. The van der Waals surface area contributed by atoms with Gasteiger partial charge in [0.15, 0.2) is 0 Å². The zero-order valence-electron chi connectivity index (χ0n) is 27.9. The first-order valence-electron chi connectivity index (χ1n) is 15.5. The van der Waals surface area contributed by atoms with Crippen LogP contribution in [0.25, 0.3) is 11.3 Å². The maximum absolute atomic E-state index is 13.7. The number of pyridine rings is 1. The summed E-state index contributed by atoms with van der Waals surface area (Å²) in [6, 6.07) is 20.9. The number of nitrogens with zero attached hydrogens (tertiary/aromatic N) is 1. The van der Waals surface area contributed by atoms with Crippen LogP contribution in [0.1, 0.15) is 59.1 Å². The molecule has 0 spiro atoms.